The van der Waals surface area contributed by atoms with Gasteiger partial charge < -0.3 is 10.1 Å². The van der Waals surface area contributed by atoms with Gasteiger partial charge in [0.2, 0.25) is 0 Å². The molecule has 1 fully saturated rings. The lowest BCUT2D eigenvalue weighted by atomic mass is 9.74. The minimum atomic E-state index is -4.65. The van der Waals surface area contributed by atoms with Crippen LogP contribution in [0.3, 0.4) is 0 Å². The maximum absolute atomic E-state index is 13.6. The number of hydrogen-bond acceptors (Lipinski definition) is 2. The lowest BCUT2D eigenvalue weighted by molar-refractivity contribution is -0.138. The summed E-state index contributed by atoms with van der Waals surface area (Å²) >= 11 is 0. The van der Waals surface area contributed by atoms with Gasteiger partial charge in [0, 0.05) is 5.41 Å². The van der Waals surface area contributed by atoms with Gasteiger partial charge in [0.15, 0.2) is 0 Å². The molecule has 0 aliphatic carbocycles. The molecule has 0 spiro atoms. The van der Waals surface area contributed by atoms with Crippen LogP contribution < -0.4 is 5.32 Å². The fraction of sp³-hybridized carbons (Fsp3) is 0.333. The van der Waals surface area contributed by atoms with Crippen LogP contribution in [-0.2, 0) is 29.1 Å². The van der Waals surface area contributed by atoms with Gasteiger partial charge in [-0.15, -0.1) is 0 Å². The molecule has 186 valence electrons. The van der Waals surface area contributed by atoms with Gasteiger partial charge in [-0.2, -0.15) is 26.3 Å². The van der Waals surface area contributed by atoms with E-state index in [0.717, 1.165) is 55.8 Å². The van der Waals surface area contributed by atoms with Crippen LogP contribution in [0.1, 0.15) is 35.1 Å². The maximum Gasteiger partial charge on any atom is 0.416 e. The molecule has 3 aromatic rings. The highest BCUT2D eigenvalue weighted by Crippen LogP contribution is 2.37. The third-order valence-corrected chi connectivity index (χ3v) is 6.44. The predicted octanol–water partition coefficient (Wildman–Crippen LogP) is 7.23. The Morgan fingerprint density at radius 3 is 2.03 bits per heavy atom. The minimum absolute atomic E-state index is 0.0594. The average molecular weight is 493 g/mol. The van der Waals surface area contributed by atoms with Crippen LogP contribution >= 0.6 is 0 Å². The molecule has 0 unspecified atom stereocenters. The smallest absolute Gasteiger partial charge is 0.376 e. The zero-order valence-electron chi connectivity index (χ0n) is 18.8. The zero-order valence-corrected chi connectivity index (χ0v) is 18.8. The normalized spacial score (nSPS) is 16.3. The number of halogens is 6. The molecule has 0 bridgehead atoms. The monoisotopic (exact) mass is 493 g/mol. The maximum atomic E-state index is 13.6. The van der Waals surface area contributed by atoms with Gasteiger partial charge >= 0.3 is 12.4 Å². The van der Waals surface area contributed by atoms with Crippen LogP contribution in [0.15, 0.2) is 72.8 Å². The highest BCUT2D eigenvalue weighted by atomic mass is 19.4. The summed E-state index contributed by atoms with van der Waals surface area (Å²) in [6.07, 6.45) is -7.58. The van der Waals surface area contributed by atoms with Gasteiger partial charge in [-0.25, -0.2) is 0 Å². The molecule has 3 aromatic carbocycles. The second-order valence-corrected chi connectivity index (χ2v) is 8.88. The minimum Gasteiger partial charge on any atom is -0.376 e. The average Bonchev–Trinajstić information content (AvgIpc) is 2.84. The van der Waals surface area contributed by atoms with Gasteiger partial charge in [-0.3, -0.25) is 0 Å². The summed E-state index contributed by atoms with van der Waals surface area (Å²) in [4.78, 5) is 0. The Bertz CT molecular complexity index is 1130. The third-order valence-electron chi connectivity index (χ3n) is 6.44. The van der Waals surface area contributed by atoms with Crippen LogP contribution in [0, 0.1) is 0 Å². The van der Waals surface area contributed by atoms with E-state index in [0.29, 0.717) is 6.61 Å². The molecule has 0 atom stereocenters. The molecule has 1 aliphatic heterocycles. The number of alkyl halides is 6. The van der Waals surface area contributed by atoms with E-state index in [9.17, 15) is 26.3 Å². The number of hydrogen-bond donors (Lipinski definition) is 1. The molecule has 0 saturated carbocycles. The lowest BCUT2D eigenvalue weighted by Crippen LogP contribution is -2.43. The Balaban J connectivity index is 1.60. The molecule has 0 radical (unpaired) electrons. The summed E-state index contributed by atoms with van der Waals surface area (Å²) in [5.41, 5.74) is -0.598. The van der Waals surface area contributed by atoms with E-state index in [4.69, 9.17) is 4.74 Å². The van der Waals surface area contributed by atoms with Crippen molar-refractivity contribution in [1.29, 1.82) is 0 Å². The number of benzene rings is 3. The van der Waals surface area contributed by atoms with Crippen LogP contribution in [0.25, 0.3) is 11.1 Å². The second-order valence-electron chi connectivity index (χ2n) is 8.88. The van der Waals surface area contributed by atoms with Crippen molar-refractivity contribution in [3.8, 4) is 11.1 Å². The van der Waals surface area contributed by atoms with Crippen LogP contribution in [0.2, 0.25) is 0 Å². The Morgan fingerprint density at radius 1 is 0.714 bits per heavy atom. The molecule has 1 N–H and O–H groups in total. The number of ether oxygens (including phenoxy) is 1. The summed E-state index contributed by atoms with van der Waals surface area (Å²) < 4.78 is 86.2. The summed E-state index contributed by atoms with van der Waals surface area (Å²) in [7, 11) is 0. The van der Waals surface area contributed by atoms with E-state index in [1.165, 1.54) is 18.2 Å². The van der Waals surface area contributed by atoms with E-state index < -0.39 is 23.5 Å². The first-order valence-electron chi connectivity index (χ1n) is 11.3. The van der Waals surface area contributed by atoms with Crippen molar-refractivity contribution in [2.75, 3.05) is 19.7 Å². The zero-order chi connectivity index (χ0) is 25.1. The topological polar surface area (TPSA) is 21.3 Å². The molecular formula is C27H25F6NO. The number of nitrogens with one attached hydrogen (secondary N) is 1. The summed E-state index contributed by atoms with van der Waals surface area (Å²) in [5, 5.41) is 3.32. The standard InChI is InChI=1S/C27H25F6NO/c28-26(29,30)23-8-4-5-20(15-23)21-13-19(14-24(16-21)27(31,32)33)17-35-18-25(9-11-34-12-10-25)22-6-2-1-3-7-22/h1-8,13-16,34H,9-12,17-18H2. The van der Waals surface area contributed by atoms with Crippen molar-refractivity contribution in [2.24, 2.45) is 0 Å². The predicted molar refractivity (Wildman–Crippen MR) is 122 cm³/mol. The first-order valence-corrected chi connectivity index (χ1v) is 11.3. The summed E-state index contributed by atoms with van der Waals surface area (Å²) in [6.45, 7) is 1.86. The van der Waals surface area contributed by atoms with E-state index in [1.807, 2.05) is 30.3 Å². The molecule has 8 heteroatoms. The molecule has 1 aliphatic rings. The first-order chi connectivity index (χ1) is 16.6. The van der Waals surface area contributed by atoms with Crippen molar-refractivity contribution >= 4 is 0 Å². The quantitative estimate of drug-likeness (QED) is 0.366. The molecule has 1 heterocycles. The van der Waals surface area contributed by atoms with E-state index in [1.54, 1.807) is 0 Å². The van der Waals surface area contributed by atoms with Crippen molar-refractivity contribution in [3.05, 3.63) is 95.1 Å². The van der Waals surface area contributed by atoms with E-state index in [-0.39, 0.29) is 28.7 Å². The Kier molecular flexibility index (Phi) is 7.24. The largest absolute Gasteiger partial charge is 0.416 e. The summed E-state index contributed by atoms with van der Waals surface area (Å²) in [5.74, 6) is 0. The van der Waals surface area contributed by atoms with Gasteiger partial charge in [-0.05, 0) is 78.5 Å². The van der Waals surface area contributed by atoms with Gasteiger partial charge in [-0.1, -0.05) is 42.5 Å². The molecular weight excluding hydrogens is 468 g/mol. The Labute approximate surface area is 199 Å². The summed E-state index contributed by atoms with van der Waals surface area (Å²) in [6, 6.07) is 17.5. The molecule has 4 rings (SSSR count). The van der Waals surface area contributed by atoms with Crippen LogP contribution in [-0.4, -0.2) is 19.7 Å². The SMILES string of the molecule is FC(F)(F)c1cccc(-c2cc(COCC3(c4ccccc4)CCNCC3)cc(C(F)(F)F)c2)c1. The van der Waals surface area contributed by atoms with Crippen molar-refractivity contribution in [1.82, 2.24) is 5.32 Å². The van der Waals surface area contributed by atoms with Crippen LogP contribution in [0.5, 0.6) is 0 Å². The lowest BCUT2D eigenvalue weighted by Gasteiger charge is -2.38. The molecule has 0 amide bonds. The second kappa shape index (κ2) is 10.0. The van der Waals surface area contributed by atoms with Gasteiger partial charge in [0.25, 0.3) is 0 Å². The Morgan fingerprint density at radius 2 is 1.37 bits per heavy atom. The number of rotatable bonds is 6. The molecule has 0 aromatic heterocycles. The van der Waals surface area contributed by atoms with Crippen molar-refractivity contribution < 1.29 is 31.1 Å². The Hall–Kier alpha value is -2.84. The van der Waals surface area contributed by atoms with Gasteiger partial charge in [0.05, 0.1) is 24.3 Å². The molecule has 2 nitrogen and oxygen atoms in total. The highest BCUT2D eigenvalue weighted by Gasteiger charge is 2.35. The van der Waals surface area contributed by atoms with E-state index >= 15 is 0 Å². The van der Waals surface area contributed by atoms with E-state index in [2.05, 4.69) is 5.32 Å². The first kappa shape index (κ1) is 25.3. The van der Waals surface area contributed by atoms with Crippen molar-refractivity contribution in [3.63, 3.8) is 0 Å². The fourth-order valence-electron chi connectivity index (χ4n) is 4.56. The molecule has 1 saturated heterocycles. The van der Waals surface area contributed by atoms with Crippen LogP contribution in [0.4, 0.5) is 26.3 Å². The molecule has 35 heavy (non-hydrogen) atoms. The fourth-order valence-corrected chi connectivity index (χ4v) is 4.56. The third kappa shape index (κ3) is 6.05. The number of piperidine rings is 1. The highest BCUT2D eigenvalue weighted by molar-refractivity contribution is 5.66. The van der Waals surface area contributed by atoms with Crippen molar-refractivity contribution in [2.45, 2.75) is 37.2 Å². The van der Waals surface area contributed by atoms with Gasteiger partial charge in [0.1, 0.15) is 0 Å².